The number of fused-ring (bicyclic) bond motifs is 1. The second kappa shape index (κ2) is 6.27. The molecule has 2 heterocycles. The van der Waals surface area contributed by atoms with Crippen LogP contribution in [-0.2, 0) is 0 Å². The largest absolute Gasteiger partial charge is 0.496 e. The molecule has 24 heavy (non-hydrogen) atoms. The zero-order valence-electron chi connectivity index (χ0n) is 14.1. The van der Waals surface area contributed by atoms with Gasteiger partial charge in [0.1, 0.15) is 5.75 Å². The van der Waals surface area contributed by atoms with Gasteiger partial charge in [0.25, 0.3) is 11.7 Å². The van der Waals surface area contributed by atoms with Crippen molar-refractivity contribution in [3.63, 3.8) is 0 Å². The van der Waals surface area contributed by atoms with Crippen LogP contribution in [0, 0.1) is 13.8 Å². The molecule has 0 aliphatic rings. The third-order valence-corrected chi connectivity index (χ3v) is 3.83. The molecule has 1 N–H and O–H groups in total. The van der Waals surface area contributed by atoms with Crippen molar-refractivity contribution in [1.29, 1.82) is 0 Å². The van der Waals surface area contributed by atoms with Gasteiger partial charge in [-0.05, 0) is 32.9 Å². The summed E-state index contributed by atoms with van der Waals surface area (Å²) < 4.78 is 6.92. The van der Waals surface area contributed by atoms with Gasteiger partial charge in [0.15, 0.2) is 0 Å². The second-order valence-corrected chi connectivity index (χ2v) is 5.67. The summed E-state index contributed by atoms with van der Waals surface area (Å²) in [6.45, 7) is 5.77. The van der Waals surface area contributed by atoms with Gasteiger partial charge in [-0.2, -0.15) is 4.98 Å². The van der Waals surface area contributed by atoms with Gasteiger partial charge < -0.3 is 10.1 Å². The van der Waals surface area contributed by atoms with Gasteiger partial charge >= 0.3 is 0 Å². The SMILES string of the molecule is COc1ccc(C)cc1C(C)NC(=O)c1nc2nccc(C)n2n1. The van der Waals surface area contributed by atoms with Crippen LogP contribution in [0.2, 0.25) is 0 Å². The van der Waals surface area contributed by atoms with Gasteiger partial charge in [0.05, 0.1) is 13.2 Å². The predicted molar refractivity (Wildman–Crippen MR) is 89.1 cm³/mol. The molecule has 0 aliphatic heterocycles. The summed E-state index contributed by atoms with van der Waals surface area (Å²) in [4.78, 5) is 20.8. The van der Waals surface area contributed by atoms with Gasteiger partial charge in [-0.15, -0.1) is 5.10 Å². The van der Waals surface area contributed by atoms with Gasteiger partial charge in [-0.3, -0.25) is 4.79 Å². The number of carbonyl (C=O) groups is 1. The zero-order valence-corrected chi connectivity index (χ0v) is 14.1. The molecule has 0 spiro atoms. The molecule has 0 radical (unpaired) electrons. The topological polar surface area (TPSA) is 81.4 Å². The van der Waals surface area contributed by atoms with Crippen molar-refractivity contribution in [2.24, 2.45) is 0 Å². The standard InChI is InChI=1S/C17H19N5O2/c1-10-5-6-14(24-4)13(9-10)12(3)19-16(23)15-20-17-18-8-7-11(2)22(17)21-15/h5-9,12H,1-4H3,(H,19,23). The van der Waals surface area contributed by atoms with Crippen LogP contribution >= 0.6 is 0 Å². The number of ether oxygens (including phenoxy) is 1. The number of nitrogens with zero attached hydrogens (tertiary/aromatic N) is 4. The number of amides is 1. The Morgan fingerprint density at radius 3 is 2.79 bits per heavy atom. The summed E-state index contributed by atoms with van der Waals surface area (Å²) in [6.07, 6.45) is 1.64. The van der Waals surface area contributed by atoms with Crippen LogP contribution in [0.15, 0.2) is 30.5 Å². The van der Waals surface area contributed by atoms with E-state index in [9.17, 15) is 4.79 Å². The van der Waals surface area contributed by atoms with Crippen LogP contribution in [0.4, 0.5) is 0 Å². The van der Waals surface area contributed by atoms with E-state index in [0.29, 0.717) is 5.78 Å². The number of rotatable bonds is 4. The monoisotopic (exact) mass is 325 g/mol. The summed E-state index contributed by atoms with van der Waals surface area (Å²) in [6, 6.07) is 7.42. The van der Waals surface area contributed by atoms with Gasteiger partial charge in [-0.25, -0.2) is 9.50 Å². The van der Waals surface area contributed by atoms with E-state index >= 15 is 0 Å². The van der Waals surface area contributed by atoms with E-state index in [0.717, 1.165) is 22.6 Å². The smallest absolute Gasteiger partial charge is 0.291 e. The molecule has 0 bridgehead atoms. The fourth-order valence-corrected chi connectivity index (χ4v) is 2.53. The summed E-state index contributed by atoms with van der Waals surface area (Å²) in [7, 11) is 1.61. The van der Waals surface area contributed by atoms with Crippen molar-refractivity contribution in [3.8, 4) is 5.75 Å². The number of benzene rings is 1. The Morgan fingerprint density at radius 1 is 1.29 bits per heavy atom. The maximum Gasteiger partial charge on any atom is 0.291 e. The van der Waals surface area contributed by atoms with Gasteiger partial charge in [0, 0.05) is 17.5 Å². The predicted octanol–water partition coefficient (Wildman–Crippen LogP) is 2.24. The average molecular weight is 325 g/mol. The molecule has 0 saturated heterocycles. The first-order valence-electron chi connectivity index (χ1n) is 7.63. The van der Waals surface area contributed by atoms with Crippen molar-refractivity contribution < 1.29 is 9.53 Å². The number of hydrogen-bond acceptors (Lipinski definition) is 5. The lowest BCUT2D eigenvalue weighted by molar-refractivity contribution is 0.0929. The van der Waals surface area contributed by atoms with Crippen LogP contribution in [0.1, 0.15) is 40.4 Å². The van der Waals surface area contributed by atoms with E-state index in [2.05, 4.69) is 20.4 Å². The fraction of sp³-hybridized carbons (Fsp3) is 0.294. The Labute approximate surface area is 139 Å². The minimum absolute atomic E-state index is 0.0928. The molecule has 1 unspecified atom stereocenters. The van der Waals surface area contributed by atoms with Crippen LogP contribution in [0.25, 0.3) is 5.78 Å². The summed E-state index contributed by atoms with van der Waals surface area (Å²) in [5, 5.41) is 7.13. The normalized spacial score (nSPS) is 12.2. The number of nitrogens with one attached hydrogen (secondary N) is 1. The maximum atomic E-state index is 12.5. The summed E-state index contributed by atoms with van der Waals surface area (Å²) >= 11 is 0. The van der Waals surface area contributed by atoms with E-state index in [1.165, 1.54) is 0 Å². The van der Waals surface area contributed by atoms with Gasteiger partial charge in [0.2, 0.25) is 5.82 Å². The quantitative estimate of drug-likeness (QED) is 0.795. The van der Waals surface area contributed by atoms with E-state index < -0.39 is 0 Å². The molecule has 2 aromatic heterocycles. The van der Waals surface area contributed by atoms with E-state index in [1.54, 1.807) is 17.8 Å². The number of aryl methyl sites for hydroxylation is 2. The van der Waals surface area contributed by atoms with Crippen LogP contribution in [0.3, 0.4) is 0 Å². The third kappa shape index (κ3) is 2.92. The van der Waals surface area contributed by atoms with Crippen molar-refractivity contribution in [2.75, 3.05) is 7.11 Å². The number of aromatic nitrogens is 4. The Kier molecular flexibility index (Phi) is 4.16. The lowest BCUT2D eigenvalue weighted by atomic mass is 10.0. The molecule has 1 atom stereocenters. The molecule has 7 nitrogen and oxygen atoms in total. The molecule has 3 aromatic rings. The number of carbonyl (C=O) groups excluding carboxylic acids is 1. The Balaban J connectivity index is 1.85. The molecular formula is C17H19N5O2. The molecule has 0 aliphatic carbocycles. The first-order chi connectivity index (χ1) is 11.5. The first-order valence-corrected chi connectivity index (χ1v) is 7.63. The second-order valence-electron chi connectivity index (χ2n) is 5.67. The molecule has 0 fully saturated rings. The Morgan fingerprint density at radius 2 is 2.08 bits per heavy atom. The first kappa shape index (κ1) is 15.9. The fourth-order valence-electron chi connectivity index (χ4n) is 2.53. The number of hydrogen-bond donors (Lipinski definition) is 1. The van der Waals surface area contributed by atoms with E-state index in [1.807, 2.05) is 45.0 Å². The minimum Gasteiger partial charge on any atom is -0.496 e. The molecule has 124 valence electrons. The summed E-state index contributed by atoms with van der Waals surface area (Å²) in [5.74, 6) is 0.876. The van der Waals surface area contributed by atoms with Crippen LogP contribution in [-0.4, -0.2) is 32.6 Å². The highest BCUT2D eigenvalue weighted by atomic mass is 16.5. The maximum absolute atomic E-state index is 12.5. The zero-order chi connectivity index (χ0) is 17.3. The van der Waals surface area contributed by atoms with E-state index in [4.69, 9.17) is 4.74 Å². The van der Waals surface area contributed by atoms with E-state index in [-0.39, 0.29) is 17.8 Å². The molecule has 3 rings (SSSR count). The number of methoxy groups -OCH3 is 1. The molecule has 7 heteroatoms. The highest BCUT2D eigenvalue weighted by molar-refractivity contribution is 5.91. The van der Waals surface area contributed by atoms with Gasteiger partial charge in [-0.1, -0.05) is 17.7 Å². The Bertz CT molecular complexity index is 903. The summed E-state index contributed by atoms with van der Waals surface area (Å²) in [5.41, 5.74) is 2.86. The lowest BCUT2D eigenvalue weighted by Gasteiger charge is -2.17. The van der Waals surface area contributed by atoms with Crippen molar-refractivity contribution >= 4 is 11.7 Å². The van der Waals surface area contributed by atoms with Crippen LogP contribution < -0.4 is 10.1 Å². The molecule has 0 saturated carbocycles. The van der Waals surface area contributed by atoms with Crippen molar-refractivity contribution in [2.45, 2.75) is 26.8 Å². The van der Waals surface area contributed by atoms with Crippen molar-refractivity contribution in [3.05, 3.63) is 53.1 Å². The third-order valence-electron chi connectivity index (χ3n) is 3.83. The highest BCUT2D eigenvalue weighted by Crippen LogP contribution is 2.26. The minimum atomic E-state index is -0.351. The van der Waals surface area contributed by atoms with Crippen LogP contribution in [0.5, 0.6) is 5.75 Å². The average Bonchev–Trinajstić information content (AvgIpc) is 3.00. The molecule has 1 aromatic carbocycles. The highest BCUT2D eigenvalue weighted by Gasteiger charge is 2.19. The Hall–Kier alpha value is -2.96. The lowest BCUT2D eigenvalue weighted by Crippen LogP contribution is -2.28. The van der Waals surface area contributed by atoms with Crippen molar-refractivity contribution in [1.82, 2.24) is 24.9 Å². The molecule has 1 amide bonds. The molecular weight excluding hydrogens is 306 g/mol.